The predicted molar refractivity (Wildman–Crippen MR) is 80.0 cm³/mol. The minimum atomic E-state index is 1.11. The normalized spacial score (nSPS) is 10.6. The average Bonchev–Trinajstić information content (AvgIpc) is 2.40. The SMILES string of the molecule is CCCc1ccccc1-c1ccc(C)c(CC)c1. The first kappa shape index (κ1) is 12.9. The number of benzene rings is 2. The fraction of sp³-hybridized carbons (Fsp3) is 0.333. The molecule has 0 atom stereocenters. The van der Waals surface area contributed by atoms with E-state index in [1.54, 1.807) is 0 Å². The van der Waals surface area contributed by atoms with Crippen molar-refractivity contribution in [3.05, 3.63) is 59.2 Å². The Hall–Kier alpha value is -1.56. The lowest BCUT2D eigenvalue weighted by Crippen LogP contribution is -1.92. The summed E-state index contributed by atoms with van der Waals surface area (Å²) in [7, 11) is 0. The van der Waals surface area contributed by atoms with Crippen LogP contribution >= 0.6 is 0 Å². The zero-order valence-electron chi connectivity index (χ0n) is 11.7. The van der Waals surface area contributed by atoms with Crippen molar-refractivity contribution in [3.8, 4) is 11.1 Å². The van der Waals surface area contributed by atoms with Crippen LogP contribution in [0.1, 0.15) is 37.0 Å². The second-order valence-corrected chi connectivity index (χ2v) is 4.90. The standard InChI is InChI=1S/C18H22/c1-4-8-16-9-6-7-10-18(16)17-12-11-14(3)15(5-2)13-17/h6-7,9-13H,4-5,8H2,1-3H3. The molecule has 2 aromatic carbocycles. The van der Waals surface area contributed by atoms with E-state index in [4.69, 9.17) is 0 Å². The molecule has 0 aromatic heterocycles. The van der Waals surface area contributed by atoms with Crippen LogP contribution in [0.4, 0.5) is 0 Å². The van der Waals surface area contributed by atoms with Crippen LogP contribution in [0.5, 0.6) is 0 Å². The van der Waals surface area contributed by atoms with Gasteiger partial charge in [0.2, 0.25) is 0 Å². The molecule has 2 aromatic rings. The van der Waals surface area contributed by atoms with Gasteiger partial charge < -0.3 is 0 Å². The van der Waals surface area contributed by atoms with Gasteiger partial charge in [0.15, 0.2) is 0 Å². The Morgan fingerprint density at radius 2 is 1.67 bits per heavy atom. The average molecular weight is 238 g/mol. The van der Waals surface area contributed by atoms with Crippen molar-refractivity contribution in [1.29, 1.82) is 0 Å². The number of hydrogen-bond donors (Lipinski definition) is 0. The van der Waals surface area contributed by atoms with E-state index in [2.05, 4.69) is 63.2 Å². The van der Waals surface area contributed by atoms with Gasteiger partial charge >= 0.3 is 0 Å². The van der Waals surface area contributed by atoms with E-state index in [0.29, 0.717) is 0 Å². The van der Waals surface area contributed by atoms with Crippen LogP contribution in [0, 0.1) is 6.92 Å². The fourth-order valence-corrected chi connectivity index (χ4v) is 2.51. The van der Waals surface area contributed by atoms with E-state index in [0.717, 1.165) is 12.8 Å². The van der Waals surface area contributed by atoms with E-state index in [-0.39, 0.29) is 0 Å². The molecule has 0 saturated heterocycles. The predicted octanol–water partition coefficient (Wildman–Crippen LogP) is 5.18. The zero-order chi connectivity index (χ0) is 13.0. The van der Waals surface area contributed by atoms with Crippen LogP contribution in [0.2, 0.25) is 0 Å². The van der Waals surface area contributed by atoms with Crippen molar-refractivity contribution < 1.29 is 0 Å². The molecule has 94 valence electrons. The summed E-state index contributed by atoms with van der Waals surface area (Å²) >= 11 is 0. The fourth-order valence-electron chi connectivity index (χ4n) is 2.51. The molecule has 0 nitrogen and oxygen atoms in total. The van der Waals surface area contributed by atoms with E-state index in [1.807, 2.05) is 0 Å². The Labute approximate surface area is 111 Å². The highest BCUT2D eigenvalue weighted by Crippen LogP contribution is 2.26. The molecule has 0 aliphatic carbocycles. The highest BCUT2D eigenvalue weighted by molar-refractivity contribution is 5.68. The zero-order valence-corrected chi connectivity index (χ0v) is 11.7. The van der Waals surface area contributed by atoms with Crippen LogP contribution in [-0.2, 0) is 12.8 Å². The first-order chi connectivity index (χ1) is 8.76. The Morgan fingerprint density at radius 1 is 0.889 bits per heavy atom. The maximum absolute atomic E-state index is 2.35. The van der Waals surface area contributed by atoms with Crippen molar-refractivity contribution in [3.63, 3.8) is 0 Å². The molecule has 18 heavy (non-hydrogen) atoms. The second-order valence-electron chi connectivity index (χ2n) is 4.90. The molecule has 0 aliphatic heterocycles. The van der Waals surface area contributed by atoms with Crippen molar-refractivity contribution >= 4 is 0 Å². The smallest absolute Gasteiger partial charge is 0.0152 e. The lowest BCUT2D eigenvalue weighted by atomic mass is 9.94. The summed E-state index contributed by atoms with van der Waals surface area (Å²) in [5.74, 6) is 0. The van der Waals surface area contributed by atoms with E-state index in [1.165, 1.54) is 34.2 Å². The first-order valence-electron chi connectivity index (χ1n) is 6.94. The second kappa shape index (κ2) is 5.86. The summed E-state index contributed by atoms with van der Waals surface area (Å²) in [5.41, 5.74) is 7.08. The molecule has 2 rings (SSSR count). The summed E-state index contributed by atoms with van der Waals surface area (Å²) in [4.78, 5) is 0. The first-order valence-corrected chi connectivity index (χ1v) is 6.94. The van der Waals surface area contributed by atoms with Crippen LogP contribution in [0.25, 0.3) is 11.1 Å². The van der Waals surface area contributed by atoms with Crippen molar-refractivity contribution in [2.45, 2.75) is 40.0 Å². The van der Waals surface area contributed by atoms with Gasteiger partial charge in [-0.3, -0.25) is 0 Å². The number of rotatable bonds is 4. The van der Waals surface area contributed by atoms with Gasteiger partial charge in [-0.2, -0.15) is 0 Å². The molecule has 0 aliphatic rings. The van der Waals surface area contributed by atoms with Crippen molar-refractivity contribution in [2.75, 3.05) is 0 Å². The summed E-state index contributed by atoms with van der Waals surface area (Å²) in [6.07, 6.45) is 3.46. The molecular weight excluding hydrogens is 216 g/mol. The van der Waals surface area contributed by atoms with Crippen LogP contribution in [0.3, 0.4) is 0 Å². The largest absolute Gasteiger partial charge is 0.0651 e. The summed E-state index contributed by atoms with van der Waals surface area (Å²) in [5, 5.41) is 0. The van der Waals surface area contributed by atoms with Gasteiger partial charge in [0, 0.05) is 0 Å². The molecule has 0 amide bonds. The Morgan fingerprint density at radius 3 is 2.39 bits per heavy atom. The van der Waals surface area contributed by atoms with Gasteiger partial charge in [-0.05, 0) is 47.6 Å². The molecule has 0 fully saturated rings. The molecule has 0 unspecified atom stereocenters. The van der Waals surface area contributed by atoms with Crippen LogP contribution < -0.4 is 0 Å². The molecule has 0 radical (unpaired) electrons. The van der Waals surface area contributed by atoms with Crippen LogP contribution in [0.15, 0.2) is 42.5 Å². The van der Waals surface area contributed by atoms with Gasteiger partial charge in [-0.15, -0.1) is 0 Å². The Kier molecular flexibility index (Phi) is 4.19. The topological polar surface area (TPSA) is 0 Å². The van der Waals surface area contributed by atoms with Gasteiger partial charge in [-0.25, -0.2) is 0 Å². The maximum atomic E-state index is 2.35. The highest BCUT2D eigenvalue weighted by Gasteiger charge is 2.05. The van der Waals surface area contributed by atoms with E-state index >= 15 is 0 Å². The molecule has 0 bridgehead atoms. The molecular formula is C18H22. The number of hydrogen-bond acceptors (Lipinski definition) is 0. The Bertz CT molecular complexity index is 523. The van der Waals surface area contributed by atoms with Gasteiger partial charge in [-0.1, -0.05) is 62.7 Å². The molecule has 0 spiro atoms. The molecule has 0 N–H and O–H groups in total. The van der Waals surface area contributed by atoms with Gasteiger partial charge in [0.1, 0.15) is 0 Å². The molecule has 0 heterocycles. The quantitative estimate of drug-likeness (QED) is 0.688. The van der Waals surface area contributed by atoms with Gasteiger partial charge in [0.25, 0.3) is 0 Å². The third kappa shape index (κ3) is 2.64. The summed E-state index contributed by atoms with van der Waals surface area (Å²) in [6.45, 7) is 6.66. The highest BCUT2D eigenvalue weighted by atomic mass is 14.1. The van der Waals surface area contributed by atoms with Gasteiger partial charge in [0.05, 0.1) is 0 Å². The third-order valence-corrected chi connectivity index (χ3v) is 3.58. The number of aryl methyl sites for hydroxylation is 3. The van der Waals surface area contributed by atoms with Crippen molar-refractivity contribution in [2.24, 2.45) is 0 Å². The van der Waals surface area contributed by atoms with E-state index in [9.17, 15) is 0 Å². The lowest BCUT2D eigenvalue weighted by Gasteiger charge is -2.11. The molecule has 0 saturated carbocycles. The Balaban J connectivity index is 2.48. The third-order valence-electron chi connectivity index (χ3n) is 3.58. The minimum Gasteiger partial charge on any atom is -0.0651 e. The summed E-state index contributed by atoms with van der Waals surface area (Å²) in [6, 6.07) is 15.6. The summed E-state index contributed by atoms with van der Waals surface area (Å²) < 4.78 is 0. The minimum absolute atomic E-state index is 1.11. The van der Waals surface area contributed by atoms with E-state index < -0.39 is 0 Å². The maximum Gasteiger partial charge on any atom is -0.0152 e. The van der Waals surface area contributed by atoms with Crippen molar-refractivity contribution in [1.82, 2.24) is 0 Å². The monoisotopic (exact) mass is 238 g/mol. The lowest BCUT2D eigenvalue weighted by molar-refractivity contribution is 0.923. The van der Waals surface area contributed by atoms with Crippen LogP contribution in [-0.4, -0.2) is 0 Å². The molecule has 0 heteroatoms.